The van der Waals surface area contributed by atoms with Crippen LogP contribution in [0.4, 0.5) is 5.82 Å². The lowest BCUT2D eigenvalue weighted by Crippen LogP contribution is -2.56. The summed E-state index contributed by atoms with van der Waals surface area (Å²) in [5, 5.41) is 3.43. The van der Waals surface area contributed by atoms with Gasteiger partial charge in [-0.3, -0.25) is 4.79 Å². The van der Waals surface area contributed by atoms with Gasteiger partial charge < -0.3 is 10.2 Å². The van der Waals surface area contributed by atoms with Crippen molar-refractivity contribution in [2.45, 2.75) is 58.9 Å². The van der Waals surface area contributed by atoms with Crippen LogP contribution in [0.25, 0.3) is 0 Å². The van der Waals surface area contributed by atoms with E-state index in [4.69, 9.17) is 0 Å². The number of aromatic nitrogens is 2. The average Bonchev–Trinajstić information content (AvgIpc) is 2.31. The van der Waals surface area contributed by atoms with Gasteiger partial charge >= 0.3 is 0 Å². The van der Waals surface area contributed by atoms with Gasteiger partial charge in [-0.05, 0) is 0 Å². The van der Waals surface area contributed by atoms with Crippen molar-refractivity contribution in [3.63, 3.8) is 0 Å². The molecule has 0 radical (unpaired) electrons. The lowest BCUT2D eigenvalue weighted by Gasteiger charge is -2.39. The van der Waals surface area contributed by atoms with Crippen LogP contribution in [0, 0.1) is 0 Å². The zero-order valence-corrected chi connectivity index (χ0v) is 13.9. The van der Waals surface area contributed by atoms with Crippen LogP contribution >= 0.6 is 0 Å². The molecule has 116 valence electrons. The van der Waals surface area contributed by atoms with Crippen LogP contribution in [-0.4, -0.2) is 39.9 Å². The summed E-state index contributed by atoms with van der Waals surface area (Å²) in [7, 11) is 0. The molecule has 1 aromatic rings. The number of amides is 1. The summed E-state index contributed by atoms with van der Waals surface area (Å²) in [6.45, 7) is 13.8. The van der Waals surface area contributed by atoms with E-state index in [9.17, 15) is 4.79 Å². The third kappa shape index (κ3) is 3.71. The molecule has 5 heteroatoms. The number of hydrogen-bond donors (Lipinski definition) is 1. The molecule has 1 fully saturated rings. The van der Waals surface area contributed by atoms with Gasteiger partial charge in [-0.2, -0.15) is 0 Å². The Morgan fingerprint density at radius 2 is 1.95 bits per heavy atom. The van der Waals surface area contributed by atoms with Crippen molar-refractivity contribution in [1.29, 1.82) is 0 Å². The van der Waals surface area contributed by atoms with E-state index in [1.165, 1.54) is 0 Å². The summed E-state index contributed by atoms with van der Waals surface area (Å²) in [4.78, 5) is 22.3. The number of hydrogen-bond acceptors (Lipinski definition) is 4. The Labute approximate surface area is 127 Å². The van der Waals surface area contributed by atoms with E-state index >= 15 is 0 Å². The van der Waals surface area contributed by atoms with Crippen molar-refractivity contribution in [3.05, 3.63) is 17.6 Å². The molecule has 1 aromatic heterocycles. The lowest BCUT2D eigenvalue weighted by atomic mass is 9.91. The molecule has 5 nitrogen and oxygen atoms in total. The Bertz CT molecular complexity index is 528. The number of likely N-dealkylation sites (tertiary alicyclic amines) is 1. The lowest BCUT2D eigenvalue weighted by molar-refractivity contribution is -0.132. The molecule has 1 saturated heterocycles. The van der Waals surface area contributed by atoms with Crippen molar-refractivity contribution in [3.8, 4) is 0 Å². The fourth-order valence-electron chi connectivity index (χ4n) is 2.22. The Morgan fingerprint density at radius 3 is 2.43 bits per heavy atom. The molecule has 0 aliphatic carbocycles. The number of rotatable bonds is 3. The maximum absolute atomic E-state index is 11.2. The first-order valence-corrected chi connectivity index (χ1v) is 7.58. The molecule has 0 atom stereocenters. The van der Waals surface area contributed by atoms with Crippen LogP contribution in [0.1, 0.15) is 59.0 Å². The molecule has 1 amide bonds. The second-order valence-corrected chi connectivity index (χ2v) is 7.17. The van der Waals surface area contributed by atoms with Gasteiger partial charge in [0, 0.05) is 37.4 Å². The molecular formula is C16H26N4O. The Hall–Kier alpha value is -1.65. The standard InChI is InChI=1S/C16H26N4O/c1-10(2)15-18-13(16(4,5)6)7-14(19-15)17-12-8-20(9-12)11(3)21/h7,10,12H,8-9H2,1-6H3,(H,17,18,19). The van der Waals surface area contributed by atoms with E-state index in [-0.39, 0.29) is 17.4 Å². The predicted octanol–water partition coefficient (Wildman–Crippen LogP) is 2.54. The first-order chi connectivity index (χ1) is 9.66. The minimum atomic E-state index is -0.00591. The summed E-state index contributed by atoms with van der Waals surface area (Å²) >= 11 is 0. The molecule has 0 bridgehead atoms. The van der Waals surface area contributed by atoms with Crippen molar-refractivity contribution >= 4 is 11.7 Å². The molecule has 0 aromatic carbocycles. The SMILES string of the molecule is CC(=O)N1CC(Nc2cc(C(C)(C)C)nc(C(C)C)n2)C1. The van der Waals surface area contributed by atoms with Gasteiger partial charge in [0.15, 0.2) is 0 Å². The third-order valence-corrected chi connectivity index (χ3v) is 3.71. The van der Waals surface area contributed by atoms with Gasteiger partial charge in [0.05, 0.1) is 11.7 Å². The molecule has 1 N–H and O–H groups in total. The second kappa shape index (κ2) is 5.62. The predicted molar refractivity (Wildman–Crippen MR) is 84.5 cm³/mol. The first-order valence-electron chi connectivity index (χ1n) is 7.58. The molecule has 0 spiro atoms. The quantitative estimate of drug-likeness (QED) is 0.929. The molecule has 2 heterocycles. The first kappa shape index (κ1) is 15.7. The largest absolute Gasteiger partial charge is 0.364 e. The number of nitrogens with zero attached hydrogens (tertiary/aromatic N) is 3. The topological polar surface area (TPSA) is 58.1 Å². The molecule has 1 aliphatic rings. The van der Waals surface area contributed by atoms with Gasteiger partial charge in [0.25, 0.3) is 0 Å². The van der Waals surface area contributed by atoms with Crippen LogP contribution in [0.2, 0.25) is 0 Å². The monoisotopic (exact) mass is 290 g/mol. The Morgan fingerprint density at radius 1 is 1.33 bits per heavy atom. The average molecular weight is 290 g/mol. The number of nitrogens with one attached hydrogen (secondary N) is 1. The fourth-order valence-corrected chi connectivity index (χ4v) is 2.22. The van der Waals surface area contributed by atoms with Crippen LogP contribution in [0.5, 0.6) is 0 Å². The summed E-state index contributed by atoms with van der Waals surface area (Å²) in [6.07, 6.45) is 0. The highest BCUT2D eigenvalue weighted by molar-refractivity contribution is 5.74. The third-order valence-electron chi connectivity index (χ3n) is 3.71. The molecule has 0 saturated carbocycles. The van der Waals surface area contributed by atoms with Gasteiger partial charge in [0.1, 0.15) is 11.6 Å². The van der Waals surface area contributed by atoms with Gasteiger partial charge in [-0.1, -0.05) is 34.6 Å². The van der Waals surface area contributed by atoms with Crippen LogP contribution in [-0.2, 0) is 10.2 Å². The zero-order valence-electron chi connectivity index (χ0n) is 13.9. The highest BCUT2D eigenvalue weighted by atomic mass is 16.2. The summed E-state index contributed by atoms with van der Waals surface area (Å²) in [5.74, 6) is 2.16. The summed E-state index contributed by atoms with van der Waals surface area (Å²) < 4.78 is 0. The van der Waals surface area contributed by atoms with E-state index in [2.05, 4.69) is 49.9 Å². The number of anilines is 1. The van der Waals surface area contributed by atoms with E-state index in [1.54, 1.807) is 6.92 Å². The minimum absolute atomic E-state index is 0.00591. The molecule has 2 rings (SSSR count). The highest BCUT2D eigenvalue weighted by Gasteiger charge is 2.29. The maximum Gasteiger partial charge on any atom is 0.219 e. The second-order valence-electron chi connectivity index (χ2n) is 7.17. The van der Waals surface area contributed by atoms with E-state index < -0.39 is 0 Å². The smallest absolute Gasteiger partial charge is 0.219 e. The van der Waals surface area contributed by atoms with Gasteiger partial charge in [-0.15, -0.1) is 0 Å². The number of carbonyl (C=O) groups is 1. The zero-order chi connectivity index (χ0) is 15.8. The fraction of sp³-hybridized carbons (Fsp3) is 0.688. The van der Waals surface area contributed by atoms with Crippen molar-refractivity contribution in [1.82, 2.24) is 14.9 Å². The van der Waals surface area contributed by atoms with E-state index in [0.717, 1.165) is 30.4 Å². The van der Waals surface area contributed by atoms with E-state index in [1.807, 2.05) is 11.0 Å². The van der Waals surface area contributed by atoms with Gasteiger partial charge in [-0.25, -0.2) is 9.97 Å². The summed E-state index contributed by atoms with van der Waals surface area (Å²) in [6, 6.07) is 2.32. The van der Waals surface area contributed by atoms with Crippen molar-refractivity contribution < 1.29 is 4.79 Å². The normalized spacial score (nSPS) is 16.0. The summed E-state index contributed by atoms with van der Waals surface area (Å²) in [5.41, 5.74) is 1.04. The maximum atomic E-state index is 11.2. The van der Waals surface area contributed by atoms with Crippen LogP contribution < -0.4 is 5.32 Å². The van der Waals surface area contributed by atoms with Gasteiger partial charge in [0.2, 0.25) is 5.91 Å². The van der Waals surface area contributed by atoms with Crippen molar-refractivity contribution in [2.75, 3.05) is 18.4 Å². The molecule has 1 aliphatic heterocycles. The molecular weight excluding hydrogens is 264 g/mol. The molecule has 0 unspecified atom stereocenters. The Kier molecular flexibility index (Phi) is 4.21. The minimum Gasteiger partial charge on any atom is -0.364 e. The van der Waals surface area contributed by atoms with Crippen LogP contribution in [0.3, 0.4) is 0 Å². The molecule has 21 heavy (non-hydrogen) atoms. The Balaban J connectivity index is 2.16. The number of carbonyl (C=O) groups excluding carboxylic acids is 1. The van der Waals surface area contributed by atoms with Crippen molar-refractivity contribution in [2.24, 2.45) is 0 Å². The van der Waals surface area contributed by atoms with Crippen LogP contribution in [0.15, 0.2) is 6.07 Å². The highest BCUT2D eigenvalue weighted by Crippen LogP contribution is 2.25. The van der Waals surface area contributed by atoms with E-state index in [0.29, 0.717) is 5.92 Å².